The third-order valence-corrected chi connectivity index (χ3v) is 17.5. The number of hydrogen-bond acceptors (Lipinski definition) is 3. The number of fused-ring (bicyclic) bond motifs is 20. The Bertz CT molecular complexity index is 4370. The van der Waals surface area contributed by atoms with Gasteiger partial charge < -0.3 is 0 Å². The van der Waals surface area contributed by atoms with E-state index in [1.54, 1.807) is 0 Å². The Hall–Kier alpha value is -9.02. The van der Waals surface area contributed by atoms with Gasteiger partial charge in [-0.25, -0.2) is 9.97 Å². The zero-order chi connectivity index (χ0) is 47.8. The number of nitrogens with zero attached hydrogens (tertiary/aromatic N) is 2. The molecule has 0 bridgehead atoms. The summed E-state index contributed by atoms with van der Waals surface area (Å²) < 4.78 is 2.62. The number of thiophene rings is 1. The summed E-state index contributed by atoms with van der Waals surface area (Å²) in [5.41, 5.74) is 21.7. The van der Waals surface area contributed by atoms with Gasteiger partial charge in [0.1, 0.15) is 0 Å². The highest BCUT2D eigenvalue weighted by Crippen LogP contribution is 2.69. The molecule has 11 aromatic carbocycles. The van der Waals surface area contributed by atoms with Gasteiger partial charge in [-0.15, -0.1) is 11.3 Å². The lowest BCUT2D eigenvalue weighted by Crippen LogP contribution is -2.44. The van der Waals surface area contributed by atoms with Gasteiger partial charge >= 0.3 is 0 Å². The lowest BCUT2D eigenvalue weighted by Gasteiger charge is -2.49. The predicted molar refractivity (Wildman–Crippen MR) is 302 cm³/mol. The van der Waals surface area contributed by atoms with Crippen LogP contribution in [0.5, 0.6) is 0 Å². The van der Waals surface area contributed by atoms with E-state index in [-0.39, 0.29) is 0 Å². The Morgan fingerprint density at radius 2 is 0.822 bits per heavy atom. The van der Waals surface area contributed by atoms with Crippen molar-refractivity contribution < 1.29 is 0 Å². The molecule has 0 aliphatic heterocycles. The van der Waals surface area contributed by atoms with Gasteiger partial charge in [0.05, 0.1) is 22.2 Å². The fourth-order valence-electron chi connectivity index (χ4n) is 13.5. The molecule has 0 saturated carbocycles. The van der Waals surface area contributed by atoms with E-state index in [1.807, 2.05) is 11.3 Å². The standard InChI is InChI=1S/C70H42N2S/c1-2-19-44(20-3-1)63-42-64(47-37-36-43-18-4-5-21-45(43)38-47)72-68(71-63)48-23-16-22-46(39-48)49-27-17-28-53-54-41-66-55(52-26-8-15-35-65(52)73-66)40-62(54)70(67(49)53)60-33-13-11-31-58(60)69(59-32-12-14-34-61(59)70)56-29-9-6-24-50(56)51-25-7-10-30-57(51)69/h1-42H. The third kappa shape index (κ3) is 5.52. The van der Waals surface area contributed by atoms with Crippen LogP contribution in [-0.2, 0) is 10.8 Å². The summed E-state index contributed by atoms with van der Waals surface area (Å²) in [7, 11) is 0. The van der Waals surface area contributed by atoms with Gasteiger partial charge in [-0.1, -0.05) is 218 Å². The SMILES string of the molecule is c1ccc(-c2cc(-c3ccc4ccccc4c3)nc(-c3cccc(-c4cccc5c4C4(c6cc7c(cc6-5)sc5ccccc57)c5ccccc5C5(c6ccccc6-c6ccccc65)c5ccccc54)c3)n2)cc1. The lowest BCUT2D eigenvalue weighted by atomic mass is 9.52. The van der Waals surface area contributed by atoms with Gasteiger partial charge in [0.2, 0.25) is 0 Å². The van der Waals surface area contributed by atoms with Crippen molar-refractivity contribution in [1.29, 1.82) is 0 Å². The first-order chi connectivity index (χ1) is 36.2. The lowest BCUT2D eigenvalue weighted by molar-refractivity contribution is 0.634. The molecule has 3 aliphatic rings. The van der Waals surface area contributed by atoms with E-state index >= 15 is 0 Å². The summed E-state index contributed by atoms with van der Waals surface area (Å²) in [5, 5.41) is 5.00. The van der Waals surface area contributed by atoms with E-state index in [2.05, 4.69) is 255 Å². The first-order valence-corrected chi connectivity index (χ1v) is 26.0. The maximum absolute atomic E-state index is 5.41. The van der Waals surface area contributed by atoms with Crippen LogP contribution in [0.25, 0.3) is 98.2 Å². The van der Waals surface area contributed by atoms with E-state index in [0.29, 0.717) is 5.82 Å². The van der Waals surface area contributed by atoms with Gasteiger partial charge in [-0.2, -0.15) is 0 Å². The molecule has 3 heteroatoms. The molecule has 13 aromatic rings. The van der Waals surface area contributed by atoms with Crippen LogP contribution in [0.4, 0.5) is 0 Å². The molecule has 2 spiro atoms. The maximum atomic E-state index is 5.41. The van der Waals surface area contributed by atoms with Crippen LogP contribution in [0.1, 0.15) is 44.5 Å². The van der Waals surface area contributed by atoms with Crippen molar-refractivity contribution in [3.8, 4) is 67.3 Å². The second kappa shape index (κ2) is 15.2. The maximum Gasteiger partial charge on any atom is 0.160 e. The summed E-state index contributed by atoms with van der Waals surface area (Å²) in [6.07, 6.45) is 0. The Labute approximate surface area is 427 Å². The van der Waals surface area contributed by atoms with Crippen LogP contribution in [0.15, 0.2) is 255 Å². The van der Waals surface area contributed by atoms with Crippen LogP contribution in [0.3, 0.4) is 0 Å². The van der Waals surface area contributed by atoms with Gasteiger partial charge in [-0.3, -0.25) is 0 Å². The minimum Gasteiger partial charge on any atom is -0.228 e. The summed E-state index contributed by atoms with van der Waals surface area (Å²) in [5.74, 6) is 0.693. The van der Waals surface area contributed by atoms with E-state index in [1.165, 1.54) is 103 Å². The summed E-state index contributed by atoms with van der Waals surface area (Å²) in [4.78, 5) is 10.8. The predicted octanol–water partition coefficient (Wildman–Crippen LogP) is 17.7. The van der Waals surface area contributed by atoms with E-state index in [0.717, 1.165) is 33.6 Å². The molecule has 2 aromatic heterocycles. The van der Waals surface area contributed by atoms with Gasteiger partial charge in [0.15, 0.2) is 5.82 Å². The van der Waals surface area contributed by atoms with Crippen molar-refractivity contribution in [1.82, 2.24) is 9.97 Å². The largest absolute Gasteiger partial charge is 0.228 e. The number of benzene rings is 11. The third-order valence-electron chi connectivity index (χ3n) is 16.3. The van der Waals surface area contributed by atoms with Crippen LogP contribution < -0.4 is 0 Å². The van der Waals surface area contributed by atoms with Crippen molar-refractivity contribution in [3.63, 3.8) is 0 Å². The average molecular weight is 943 g/mol. The molecular weight excluding hydrogens is 901 g/mol. The topological polar surface area (TPSA) is 25.8 Å². The average Bonchev–Trinajstić information content (AvgIpc) is 4.23. The van der Waals surface area contributed by atoms with E-state index in [9.17, 15) is 0 Å². The zero-order valence-electron chi connectivity index (χ0n) is 39.6. The molecule has 0 unspecified atom stereocenters. The Morgan fingerprint density at radius 1 is 0.274 bits per heavy atom. The summed E-state index contributed by atoms with van der Waals surface area (Å²) >= 11 is 1.89. The monoisotopic (exact) mass is 942 g/mol. The van der Waals surface area contributed by atoms with Gasteiger partial charge in [0, 0.05) is 36.9 Å². The molecule has 2 heterocycles. The fraction of sp³-hybridized carbons (Fsp3) is 0.0286. The molecule has 338 valence electrons. The van der Waals surface area contributed by atoms with Crippen LogP contribution in [0, 0.1) is 0 Å². The van der Waals surface area contributed by atoms with Crippen LogP contribution in [-0.4, -0.2) is 9.97 Å². The molecular formula is C70H42N2S. The highest BCUT2D eigenvalue weighted by atomic mass is 32.1. The fourth-order valence-corrected chi connectivity index (χ4v) is 14.6. The first kappa shape index (κ1) is 40.7. The van der Waals surface area contributed by atoms with Crippen molar-refractivity contribution in [3.05, 3.63) is 299 Å². The van der Waals surface area contributed by atoms with Gasteiger partial charge in [-0.05, 0) is 125 Å². The Morgan fingerprint density at radius 3 is 1.56 bits per heavy atom. The number of aromatic nitrogens is 2. The van der Waals surface area contributed by atoms with Crippen molar-refractivity contribution >= 4 is 42.3 Å². The zero-order valence-corrected chi connectivity index (χ0v) is 40.4. The van der Waals surface area contributed by atoms with Gasteiger partial charge in [0.25, 0.3) is 0 Å². The second-order valence-corrected chi connectivity index (χ2v) is 21.0. The molecule has 0 radical (unpaired) electrons. The molecule has 3 aliphatic carbocycles. The quantitative estimate of drug-likeness (QED) is 0.176. The smallest absolute Gasteiger partial charge is 0.160 e. The molecule has 0 atom stereocenters. The van der Waals surface area contributed by atoms with Crippen molar-refractivity contribution in [2.24, 2.45) is 0 Å². The summed E-state index contributed by atoms with van der Waals surface area (Å²) in [6.45, 7) is 0. The summed E-state index contributed by atoms with van der Waals surface area (Å²) in [6, 6.07) is 94.9. The molecule has 73 heavy (non-hydrogen) atoms. The molecule has 16 rings (SSSR count). The number of rotatable bonds is 4. The molecule has 2 nitrogen and oxygen atoms in total. The second-order valence-electron chi connectivity index (χ2n) is 19.9. The highest BCUT2D eigenvalue weighted by Gasteiger charge is 2.59. The Balaban J connectivity index is 0.980. The minimum atomic E-state index is -0.688. The Kier molecular flexibility index (Phi) is 8.50. The van der Waals surface area contributed by atoms with E-state index < -0.39 is 10.8 Å². The minimum absolute atomic E-state index is 0.535. The van der Waals surface area contributed by atoms with Crippen LogP contribution in [0.2, 0.25) is 0 Å². The first-order valence-electron chi connectivity index (χ1n) is 25.2. The normalized spacial score (nSPS) is 14.0. The van der Waals surface area contributed by atoms with Crippen LogP contribution >= 0.6 is 11.3 Å². The van der Waals surface area contributed by atoms with Crippen molar-refractivity contribution in [2.75, 3.05) is 0 Å². The molecule has 0 N–H and O–H groups in total. The molecule has 0 saturated heterocycles. The molecule has 0 fully saturated rings. The van der Waals surface area contributed by atoms with E-state index in [4.69, 9.17) is 9.97 Å². The molecule has 0 amide bonds. The number of hydrogen-bond donors (Lipinski definition) is 0. The van der Waals surface area contributed by atoms with Crippen molar-refractivity contribution in [2.45, 2.75) is 10.8 Å². The highest BCUT2D eigenvalue weighted by molar-refractivity contribution is 7.25.